The second-order valence-electron chi connectivity index (χ2n) is 7.30. The minimum absolute atomic E-state index is 0.00418. The van der Waals surface area contributed by atoms with Crippen LogP contribution in [0.25, 0.3) is 11.0 Å². The van der Waals surface area contributed by atoms with E-state index in [4.69, 9.17) is 25.5 Å². The van der Waals surface area contributed by atoms with Gasteiger partial charge in [0.2, 0.25) is 0 Å². The summed E-state index contributed by atoms with van der Waals surface area (Å²) < 4.78 is 15.9. The zero-order valence-corrected chi connectivity index (χ0v) is 17.8. The Kier molecular flexibility index (Phi) is 6.38. The molecule has 1 atom stereocenters. The third-order valence-corrected chi connectivity index (χ3v) is 5.29. The van der Waals surface area contributed by atoms with E-state index in [1.54, 1.807) is 0 Å². The van der Waals surface area contributed by atoms with Crippen molar-refractivity contribution in [2.24, 2.45) is 0 Å². The van der Waals surface area contributed by atoms with E-state index in [2.05, 4.69) is 5.32 Å². The normalized spacial score (nSPS) is 15.4. The number of rotatable bonds is 6. The predicted molar refractivity (Wildman–Crippen MR) is 117 cm³/mol. The first-order valence-electron chi connectivity index (χ1n) is 9.95. The first-order chi connectivity index (χ1) is 15.8. The van der Waals surface area contributed by atoms with Crippen molar-refractivity contribution >= 4 is 40.1 Å². The van der Waals surface area contributed by atoms with Crippen molar-refractivity contribution in [3.8, 4) is 5.75 Å². The van der Waals surface area contributed by atoms with Crippen molar-refractivity contribution in [1.82, 2.24) is 5.32 Å². The number of hydrogen-bond donors (Lipinski definition) is 1. The zero-order chi connectivity index (χ0) is 23.5. The smallest absolute Gasteiger partial charge is 0.350 e. The Morgan fingerprint density at radius 1 is 1.18 bits per heavy atom. The van der Waals surface area contributed by atoms with Gasteiger partial charge >= 0.3 is 11.6 Å². The van der Waals surface area contributed by atoms with Crippen LogP contribution in [0.5, 0.6) is 5.75 Å². The zero-order valence-electron chi connectivity index (χ0n) is 17.0. The molecule has 11 heteroatoms. The summed E-state index contributed by atoms with van der Waals surface area (Å²) in [6.07, 6.45) is 1.69. The van der Waals surface area contributed by atoms with Crippen molar-refractivity contribution in [3.63, 3.8) is 0 Å². The number of nitrogens with zero attached hydrogens (tertiary/aromatic N) is 1. The van der Waals surface area contributed by atoms with Crippen LogP contribution < -0.4 is 15.7 Å². The summed E-state index contributed by atoms with van der Waals surface area (Å²) >= 11 is 5.76. The number of carbonyl (C=O) groups is 2. The molecule has 1 unspecified atom stereocenters. The summed E-state index contributed by atoms with van der Waals surface area (Å²) in [4.78, 5) is 47.6. The summed E-state index contributed by atoms with van der Waals surface area (Å²) in [5, 5.41) is 14.4. The number of ether oxygens (including phenoxy) is 2. The van der Waals surface area contributed by atoms with Crippen molar-refractivity contribution in [1.29, 1.82) is 0 Å². The maximum Gasteiger partial charge on any atom is 0.350 e. The van der Waals surface area contributed by atoms with Gasteiger partial charge in [-0.05, 0) is 43.2 Å². The largest absolute Gasteiger partial charge is 0.423 e. The fourth-order valence-electron chi connectivity index (χ4n) is 3.41. The first kappa shape index (κ1) is 22.4. The van der Waals surface area contributed by atoms with Crippen LogP contribution in [0.2, 0.25) is 5.02 Å². The lowest BCUT2D eigenvalue weighted by molar-refractivity contribution is -0.385. The lowest BCUT2D eigenvalue weighted by atomic mass is 10.1. The third-order valence-electron chi connectivity index (χ3n) is 5.05. The van der Waals surface area contributed by atoms with Crippen molar-refractivity contribution in [2.75, 3.05) is 13.2 Å². The van der Waals surface area contributed by atoms with Gasteiger partial charge in [-0.25, -0.2) is 9.59 Å². The second-order valence-corrected chi connectivity index (χ2v) is 7.74. The number of nitro groups is 1. The number of nitrogens with one attached hydrogen (secondary N) is 1. The van der Waals surface area contributed by atoms with Gasteiger partial charge in [-0.1, -0.05) is 11.6 Å². The van der Waals surface area contributed by atoms with E-state index in [-0.39, 0.29) is 33.6 Å². The highest BCUT2D eigenvalue weighted by Crippen LogP contribution is 2.26. The number of fused-ring (bicyclic) bond motifs is 1. The molecule has 3 aromatic rings. The molecule has 0 radical (unpaired) electrons. The standard InChI is InChI=1S/C22H17ClN2O8/c23-13-4-6-16(18(9-13)25(29)30)21(27)32-14-5-3-12-8-17(22(28)33-19(12)10-14)20(26)24-11-15-2-1-7-31-15/h3-6,8-10,15H,1-2,7,11H2,(H,24,26). The van der Waals surface area contributed by atoms with Crippen LogP contribution in [0.1, 0.15) is 33.6 Å². The molecule has 170 valence electrons. The minimum atomic E-state index is -0.981. The fraction of sp³-hybridized carbons (Fsp3) is 0.227. The van der Waals surface area contributed by atoms with Gasteiger partial charge in [-0.2, -0.15) is 0 Å². The van der Waals surface area contributed by atoms with Gasteiger partial charge in [0.1, 0.15) is 22.5 Å². The van der Waals surface area contributed by atoms with E-state index in [9.17, 15) is 24.5 Å². The van der Waals surface area contributed by atoms with Gasteiger partial charge in [0.05, 0.1) is 11.0 Å². The molecule has 0 saturated carbocycles. The van der Waals surface area contributed by atoms with Gasteiger partial charge in [-0.15, -0.1) is 0 Å². The Morgan fingerprint density at radius 3 is 2.73 bits per heavy atom. The van der Waals surface area contributed by atoms with E-state index in [0.29, 0.717) is 18.5 Å². The summed E-state index contributed by atoms with van der Waals surface area (Å²) in [6.45, 7) is 0.943. The van der Waals surface area contributed by atoms with Gasteiger partial charge < -0.3 is 19.2 Å². The number of benzene rings is 2. The molecule has 10 nitrogen and oxygen atoms in total. The molecule has 1 N–H and O–H groups in total. The molecule has 1 fully saturated rings. The van der Waals surface area contributed by atoms with Crippen molar-refractivity contribution in [3.05, 3.63) is 79.1 Å². The molecule has 2 aromatic carbocycles. The van der Waals surface area contributed by atoms with E-state index >= 15 is 0 Å². The number of nitro benzene ring substituents is 1. The van der Waals surface area contributed by atoms with Crippen LogP contribution in [0.15, 0.2) is 51.7 Å². The van der Waals surface area contributed by atoms with Crippen LogP contribution in [-0.2, 0) is 4.74 Å². The SMILES string of the molecule is O=C(Oc1ccc2cc(C(=O)NCC3CCCO3)c(=O)oc2c1)c1ccc(Cl)cc1[N+](=O)[O-]. The van der Waals surface area contributed by atoms with Crippen LogP contribution in [0, 0.1) is 10.1 Å². The van der Waals surface area contributed by atoms with Crippen molar-refractivity contribution in [2.45, 2.75) is 18.9 Å². The highest BCUT2D eigenvalue weighted by atomic mass is 35.5. The molecule has 1 aliphatic rings. The molecule has 1 amide bonds. The highest BCUT2D eigenvalue weighted by molar-refractivity contribution is 6.31. The van der Waals surface area contributed by atoms with Gasteiger partial charge in [0.25, 0.3) is 11.6 Å². The summed E-state index contributed by atoms with van der Waals surface area (Å²) in [7, 11) is 0. The summed E-state index contributed by atoms with van der Waals surface area (Å²) in [5.41, 5.74) is -1.74. The molecule has 4 rings (SSSR count). The maximum atomic E-state index is 12.5. The Balaban J connectivity index is 1.53. The Morgan fingerprint density at radius 2 is 2.00 bits per heavy atom. The molecule has 2 heterocycles. The van der Waals surface area contributed by atoms with E-state index < -0.39 is 28.1 Å². The molecule has 0 bridgehead atoms. The van der Waals surface area contributed by atoms with E-state index in [1.807, 2.05) is 0 Å². The molecule has 1 aliphatic heterocycles. The van der Waals surface area contributed by atoms with Gasteiger partial charge in [-0.3, -0.25) is 14.9 Å². The summed E-state index contributed by atoms with van der Waals surface area (Å²) in [6, 6.07) is 9.13. The van der Waals surface area contributed by atoms with Crippen LogP contribution in [0.4, 0.5) is 5.69 Å². The molecule has 0 aliphatic carbocycles. The van der Waals surface area contributed by atoms with Gasteiger partial charge in [0, 0.05) is 35.7 Å². The number of amides is 1. The highest BCUT2D eigenvalue weighted by Gasteiger charge is 2.23. The predicted octanol–water partition coefficient (Wildman–Crippen LogP) is 3.48. The van der Waals surface area contributed by atoms with Crippen LogP contribution >= 0.6 is 11.6 Å². The second kappa shape index (κ2) is 9.39. The Bertz CT molecular complexity index is 1310. The number of carbonyl (C=O) groups excluding carboxylic acids is 2. The fourth-order valence-corrected chi connectivity index (χ4v) is 3.58. The Hall–Kier alpha value is -3.76. The quantitative estimate of drug-likeness (QED) is 0.189. The lowest BCUT2D eigenvalue weighted by Gasteiger charge is -2.10. The van der Waals surface area contributed by atoms with Crippen molar-refractivity contribution < 1.29 is 28.4 Å². The lowest BCUT2D eigenvalue weighted by Crippen LogP contribution is -2.34. The Labute approximate surface area is 191 Å². The van der Waals surface area contributed by atoms with E-state index in [0.717, 1.165) is 18.9 Å². The number of hydrogen-bond acceptors (Lipinski definition) is 8. The monoisotopic (exact) mass is 472 g/mol. The molecule has 0 spiro atoms. The average molecular weight is 473 g/mol. The maximum absolute atomic E-state index is 12.5. The number of halogens is 1. The number of esters is 1. The minimum Gasteiger partial charge on any atom is -0.423 e. The summed E-state index contributed by atoms with van der Waals surface area (Å²) in [5.74, 6) is -1.56. The topological polar surface area (TPSA) is 138 Å². The van der Waals surface area contributed by atoms with E-state index in [1.165, 1.54) is 36.4 Å². The van der Waals surface area contributed by atoms with Crippen LogP contribution in [0.3, 0.4) is 0 Å². The molecule has 1 aromatic heterocycles. The first-order valence-corrected chi connectivity index (χ1v) is 10.3. The average Bonchev–Trinajstić information content (AvgIpc) is 3.30. The molecular weight excluding hydrogens is 456 g/mol. The molecule has 33 heavy (non-hydrogen) atoms. The van der Waals surface area contributed by atoms with Gasteiger partial charge in [0.15, 0.2) is 0 Å². The van der Waals surface area contributed by atoms with Crippen LogP contribution in [-0.4, -0.2) is 36.1 Å². The third kappa shape index (κ3) is 5.02. The molecular formula is C22H17ClN2O8. The molecule has 1 saturated heterocycles.